The van der Waals surface area contributed by atoms with Gasteiger partial charge in [0.2, 0.25) is 0 Å². The first-order valence-electron chi connectivity index (χ1n) is 7.01. The summed E-state index contributed by atoms with van der Waals surface area (Å²) in [7, 11) is 1.70. The molecule has 1 aromatic rings. The molecule has 100 valence electrons. The minimum atomic E-state index is 0.260. The molecule has 0 heterocycles. The van der Waals surface area contributed by atoms with Gasteiger partial charge in [-0.2, -0.15) is 0 Å². The Balaban J connectivity index is 2.18. The van der Waals surface area contributed by atoms with E-state index in [4.69, 9.17) is 4.74 Å². The summed E-state index contributed by atoms with van der Waals surface area (Å²) < 4.78 is 5.30. The Labute approximate surface area is 110 Å². The highest BCUT2D eigenvalue weighted by atomic mass is 16.5. The topological polar surface area (TPSA) is 29.5 Å². The van der Waals surface area contributed by atoms with Gasteiger partial charge in [0.1, 0.15) is 5.75 Å². The Kier molecular flexibility index (Phi) is 4.65. The number of hydrogen-bond donors (Lipinski definition) is 1. The molecule has 2 rings (SSSR count). The molecule has 1 N–H and O–H groups in total. The van der Waals surface area contributed by atoms with Crippen LogP contribution in [-0.4, -0.2) is 18.8 Å². The molecule has 2 heteroatoms. The van der Waals surface area contributed by atoms with Gasteiger partial charge < -0.3 is 9.84 Å². The number of methoxy groups -OCH3 is 1. The summed E-state index contributed by atoms with van der Waals surface area (Å²) in [4.78, 5) is 0. The highest BCUT2D eigenvalue weighted by Gasteiger charge is 2.24. The number of ether oxygens (including phenoxy) is 1. The summed E-state index contributed by atoms with van der Waals surface area (Å²) in [6.07, 6.45) is 6.51. The summed E-state index contributed by atoms with van der Waals surface area (Å²) in [5.74, 6) is 1.88. The smallest absolute Gasteiger partial charge is 0.121 e. The van der Waals surface area contributed by atoms with E-state index in [9.17, 15) is 5.11 Å². The van der Waals surface area contributed by atoms with Crippen molar-refractivity contribution in [2.75, 3.05) is 13.7 Å². The number of aryl methyl sites for hydroxylation is 1. The average Bonchev–Trinajstić information content (AvgIpc) is 2.41. The molecule has 0 bridgehead atoms. The van der Waals surface area contributed by atoms with Crippen LogP contribution in [0.3, 0.4) is 0 Å². The summed E-state index contributed by atoms with van der Waals surface area (Å²) in [5.41, 5.74) is 2.42. The minimum Gasteiger partial charge on any atom is -0.496 e. The fourth-order valence-corrected chi connectivity index (χ4v) is 3.20. The molecular formula is C16H24O2. The quantitative estimate of drug-likeness (QED) is 0.881. The maximum atomic E-state index is 9.72. The first-order valence-corrected chi connectivity index (χ1v) is 7.01. The monoisotopic (exact) mass is 248 g/mol. The molecule has 1 aliphatic rings. The summed E-state index contributed by atoms with van der Waals surface area (Å²) in [5, 5.41) is 9.72. The van der Waals surface area contributed by atoms with Crippen molar-refractivity contribution in [1.29, 1.82) is 0 Å². The van der Waals surface area contributed by atoms with Gasteiger partial charge in [-0.15, -0.1) is 0 Å². The SMILES string of the molecule is COc1ccc(C(CO)C2CCCCC2)cc1C. The lowest BCUT2D eigenvalue weighted by atomic mass is 9.77. The third kappa shape index (κ3) is 2.86. The van der Waals surface area contributed by atoms with E-state index in [1.165, 1.54) is 37.7 Å². The van der Waals surface area contributed by atoms with E-state index in [1.54, 1.807) is 7.11 Å². The maximum absolute atomic E-state index is 9.72. The molecule has 0 aliphatic heterocycles. The zero-order chi connectivity index (χ0) is 13.0. The Morgan fingerprint density at radius 1 is 1.28 bits per heavy atom. The second-order valence-corrected chi connectivity index (χ2v) is 5.42. The van der Waals surface area contributed by atoms with E-state index >= 15 is 0 Å². The standard InChI is InChI=1S/C16H24O2/c1-12-10-14(8-9-16(12)18-2)15(11-17)13-6-4-3-5-7-13/h8-10,13,15,17H,3-7,11H2,1-2H3. The fourth-order valence-electron chi connectivity index (χ4n) is 3.20. The van der Waals surface area contributed by atoms with Gasteiger partial charge in [0, 0.05) is 5.92 Å². The van der Waals surface area contributed by atoms with E-state index in [-0.39, 0.29) is 6.61 Å². The molecule has 0 saturated heterocycles. The molecular weight excluding hydrogens is 224 g/mol. The van der Waals surface area contributed by atoms with Crippen LogP contribution in [0.1, 0.15) is 49.1 Å². The number of rotatable bonds is 4. The lowest BCUT2D eigenvalue weighted by Crippen LogP contribution is -2.19. The number of aliphatic hydroxyl groups is 1. The largest absolute Gasteiger partial charge is 0.496 e. The van der Waals surface area contributed by atoms with Crippen molar-refractivity contribution in [2.24, 2.45) is 5.92 Å². The average molecular weight is 248 g/mol. The van der Waals surface area contributed by atoms with Crippen LogP contribution >= 0.6 is 0 Å². The van der Waals surface area contributed by atoms with Crippen LogP contribution in [0.5, 0.6) is 5.75 Å². The number of benzene rings is 1. The van der Waals surface area contributed by atoms with Gasteiger partial charge in [0.25, 0.3) is 0 Å². The van der Waals surface area contributed by atoms with Gasteiger partial charge in [0.05, 0.1) is 13.7 Å². The molecule has 1 unspecified atom stereocenters. The van der Waals surface area contributed by atoms with Gasteiger partial charge in [-0.05, 0) is 42.9 Å². The highest BCUT2D eigenvalue weighted by molar-refractivity contribution is 5.37. The van der Waals surface area contributed by atoms with Crippen LogP contribution in [0.2, 0.25) is 0 Å². The van der Waals surface area contributed by atoms with E-state index in [0.29, 0.717) is 11.8 Å². The Hall–Kier alpha value is -1.02. The van der Waals surface area contributed by atoms with Gasteiger partial charge >= 0.3 is 0 Å². The van der Waals surface area contributed by atoms with Crippen molar-refractivity contribution in [3.05, 3.63) is 29.3 Å². The van der Waals surface area contributed by atoms with E-state index in [0.717, 1.165) is 11.3 Å². The highest BCUT2D eigenvalue weighted by Crippen LogP contribution is 2.36. The molecule has 0 aromatic heterocycles. The lowest BCUT2D eigenvalue weighted by Gasteiger charge is -2.29. The molecule has 0 amide bonds. The van der Waals surface area contributed by atoms with Crippen molar-refractivity contribution in [3.63, 3.8) is 0 Å². The van der Waals surface area contributed by atoms with Crippen molar-refractivity contribution >= 4 is 0 Å². The van der Waals surface area contributed by atoms with E-state index < -0.39 is 0 Å². The molecule has 0 radical (unpaired) electrons. The zero-order valence-corrected chi connectivity index (χ0v) is 11.5. The van der Waals surface area contributed by atoms with Crippen LogP contribution in [0, 0.1) is 12.8 Å². The molecule has 1 aliphatic carbocycles. The first-order chi connectivity index (χ1) is 8.76. The maximum Gasteiger partial charge on any atom is 0.121 e. The van der Waals surface area contributed by atoms with Gasteiger partial charge in [-0.1, -0.05) is 31.4 Å². The van der Waals surface area contributed by atoms with Crippen LogP contribution in [0.4, 0.5) is 0 Å². The van der Waals surface area contributed by atoms with Crippen LogP contribution in [-0.2, 0) is 0 Å². The second-order valence-electron chi connectivity index (χ2n) is 5.42. The van der Waals surface area contributed by atoms with E-state index in [1.807, 2.05) is 6.07 Å². The second kappa shape index (κ2) is 6.24. The Bertz CT molecular complexity index is 381. The zero-order valence-electron chi connectivity index (χ0n) is 11.5. The van der Waals surface area contributed by atoms with Gasteiger partial charge in [-0.25, -0.2) is 0 Å². The molecule has 0 spiro atoms. The third-order valence-electron chi connectivity index (χ3n) is 4.26. The minimum absolute atomic E-state index is 0.260. The molecule has 1 fully saturated rings. The lowest BCUT2D eigenvalue weighted by molar-refractivity contribution is 0.196. The molecule has 18 heavy (non-hydrogen) atoms. The van der Waals surface area contributed by atoms with Crippen LogP contribution in [0.25, 0.3) is 0 Å². The van der Waals surface area contributed by atoms with Crippen molar-refractivity contribution in [3.8, 4) is 5.75 Å². The molecule has 1 saturated carbocycles. The third-order valence-corrected chi connectivity index (χ3v) is 4.26. The number of aliphatic hydroxyl groups excluding tert-OH is 1. The predicted molar refractivity (Wildman–Crippen MR) is 74.1 cm³/mol. The molecule has 1 atom stereocenters. The first kappa shape index (κ1) is 13.4. The van der Waals surface area contributed by atoms with Crippen molar-refractivity contribution in [1.82, 2.24) is 0 Å². The molecule has 1 aromatic carbocycles. The van der Waals surface area contributed by atoms with Crippen molar-refractivity contribution in [2.45, 2.75) is 44.9 Å². The number of hydrogen-bond acceptors (Lipinski definition) is 2. The van der Waals surface area contributed by atoms with E-state index in [2.05, 4.69) is 19.1 Å². The van der Waals surface area contributed by atoms with Gasteiger partial charge in [-0.3, -0.25) is 0 Å². The predicted octanol–water partition coefficient (Wildman–Crippen LogP) is 3.66. The fraction of sp³-hybridized carbons (Fsp3) is 0.625. The normalized spacial score (nSPS) is 18.6. The molecule has 2 nitrogen and oxygen atoms in total. The summed E-state index contributed by atoms with van der Waals surface area (Å²) >= 11 is 0. The van der Waals surface area contributed by atoms with Crippen LogP contribution < -0.4 is 4.74 Å². The Morgan fingerprint density at radius 3 is 2.56 bits per heavy atom. The Morgan fingerprint density at radius 2 is 2.00 bits per heavy atom. The summed E-state index contributed by atoms with van der Waals surface area (Å²) in [6, 6.07) is 6.31. The van der Waals surface area contributed by atoms with Gasteiger partial charge in [0.15, 0.2) is 0 Å². The summed E-state index contributed by atoms with van der Waals surface area (Å²) in [6.45, 7) is 2.33. The van der Waals surface area contributed by atoms with Crippen molar-refractivity contribution < 1.29 is 9.84 Å². The van der Waals surface area contributed by atoms with Crippen LogP contribution in [0.15, 0.2) is 18.2 Å².